The van der Waals surface area contributed by atoms with Crippen LogP contribution < -0.4 is 9.47 Å². The Labute approximate surface area is 102 Å². The molecule has 0 atom stereocenters. The van der Waals surface area contributed by atoms with E-state index in [0.717, 1.165) is 34.6 Å². The van der Waals surface area contributed by atoms with Crippen molar-refractivity contribution in [2.24, 2.45) is 0 Å². The van der Waals surface area contributed by atoms with E-state index in [0.29, 0.717) is 19.6 Å². The van der Waals surface area contributed by atoms with Crippen molar-refractivity contribution in [2.75, 3.05) is 13.2 Å². The highest BCUT2D eigenvalue weighted by atomic mass is 16.5. The van der Waals surface area contributed by atoms with Crippen LogP contribution in [0, 0.1) is 0 Å². The van der Waals surface area contributed by atoms with Gasteiger partial charge < -0.3 is 14.6 Å². The van der Waals surface area contributed by atoms with Crippen molar-refractivity contribution in [2.45, 2.75) is 26.7 Å². The minimum absolute atomic E-state index is 0.233. The van der Waals surface area contributed by atoms with Gasteiger partial charge in [-0.3, -0.25) is 0 Å². The third kappa shape index (κ3) is 2.23. The second kappa shape index (κ2) is 4.70. The molecular formula is C14H18O3. The predicted molar refractivity (Wildman–Crippen MR) is 67.0 cm³/mol. The van der Waals surface area contributed by atoms with E-state index in [1.54, 1.807) is 6.07 Å². The van der Waals surface area contributed by atoms with E-state index < -0.39 is 0 Å². The normalized spacial score (nSPS) is 13.1. The van der Waals surface area contributed by atoms with Gasteiger partial charge in [-0.2, -0.15) is 0 Å². The lowest BCUT2D eigenvalue weighted by atomic mass is 10.00. The molecule has 2 rings (SSSR count). The molecule has 0 amide bonds. The van der Waals surface area contributed by atoms with Crippen molar-refractivity contribution >= 4 is 0 Å². The minimum Gasteiger partial charge on any atom is -0.507 e. The fourth-order valence-electron chi connectivity index (χ4n) is 2.13. The quantitative estimate of drug-likeness (QED) is 0.814. The average molecular weight is 234 g/mol. The number of hydrogen-bond donors (Lipinski definition) is 1. The van der Waals surface area contributed by atoms with E-state index in [9.17, 15) is 5.11 Å². The number of fused-ring (bicyclic) bond motifs is 1. The first-order chi connectivity index (χ1) is 8.13. The van der Waals surface area contributed by atoms with Gasteiger partial charge in [-0.05, 0) is 13.8 Å². The number of phenolic OH excluding ortho intramolecular Hbond substituents is 1. The molecule has 1 heterocycles. The maximum Gasteiger partial charge on any atom is 0.133 e. The summed E-state index contributed by atoms with van der Waals surface area (Å²) >= 11 is 0. The van der Waals surface area contributed by atoms with Crippen molar-refractivity contribution in [3.8, 4) is 17.2 Å². The largest absolute Gasteiger partial charge is 0.507 e. The molecule has 0 saturated heterocycles. The highest BCUT2D eigenvalue weighted by molar-refractivity contribution is 5.59. The lowest BCUT2D eigenvalue weighted by Gasteiger charge is -2.15. The topological polar surface area (TPSA) is 38.7 Å². The zero-order valence-corrected chi connectivity index (χ0v) is 10.4. The van der Waals surface area contributed by atoms with Crippen molar-refractivity contribution in [1.82, 2.24) is 0 Å². The van der Waals surface area contributed by atoms with E-state index in [-0.39, 0.29) is 5.75 Å². The van der Waals surface area contributed by atoms with Crippen LogP contribution in [0.25, 0.3) is 0 Å². The standard InChI is InChI=1S/C14H18O3/c1-4-16-14-10-5-6-17-13(10)8-12(15)11(14)7-9(2)3/h8,15H,2,4-7H2,1,3H3. The predicted octanol–water partition coefficient (Wildman–Crippen LogP) is 2.84. The number of benzene rings is 1. The Morgan fingerprint density at radius 3 is 3.00 bits per heavy atom. The summed E-state index contributed by atoms with van der Waals surface area (Å²) < 4.78 is 11.1. The molecule has 0 aromatic heterocycles. The molecule has 17 heavy (non-hydrogen) atoms. The number of rotatable bonds is 4. The Bertz CT molecular complexity index is 449. The third-order valence-corrected chi connectivity index (χ3v) is 2.80. The summed E-state index contributed by atoms with van der Waals surface area (Å²) in [5, 5.41) is 10.0. The van der Waals surface area contributed by atoms with Gasteiger partial charge in [-0.25, -0.2) is 0 Å². The van der Waals surface area contributed by atoms with Crippen LogP contribution in [0.5, 0.6) is 17.2 Å². The van der Waals surface area contributed by atoms with Crippen LogP contribution in [0.1, 0.15) is 25.0 Å². The Hall–Kier alpha value is -1.64. The zero-order chi connectivity index (χ0) is 12.4. The number of hydrogen-bond acceptors (Lipinski definition) is 3. The average Bonchev–Trinajstić information content (AvgIpc) is 2.70. The lowest BCUT2D eigenvalue weighted by Crippen LogP contribution is -2.01. The Morgan fingerprint density at radius 1 is 1.59 bits per heavy atom. The maximum absolute atomic E-state index is 10.0. The molecule has 1 aromatic rings. The van der Waals surface area contributed by atoms with Crippen LogP contribution in [0.2, 0.25) is 0 Å². The molecule has 0 spiro atoms. The van der Waals surface area contributed by atoms with E-state index in [1.807, 2.05) is 13.8 Å². The molecule has 1 aliphatic heterocycles. The summed E-state index contributed by atoms with van der Waals surface area (Å²) in [6, 6.07) is 1.68. The molecule has 1 N–H and O–H groups in total. The number of aromatic hydroxyl groups is 1. The maximum atomic E-state index is 10.0. The summed E-state index contributed by atoms with van der Waals surface area (Å²) in [7, 11) is 0. The van der Waals surface area contributed by atoms with E-state index in [2.05, 4.69) is 6.58 Å². The number of phenols is 1. The van der Waals surface area contributed by atoms with Gasteiger partial charge in [0.25, 0.3) is 0 Å². The monoisotopic (exact) mass is 234 g/mol. The molecule has 3 heteroatoms. The zero-order valence-electron chi connectivity index (χ0n) is 10.4. The molecule has 1 aromatic carbocycles. The summed E-state index contributed by atoms with van der Waals surface area (Å²) in [5.41, 5.74) is 2.89. The van der Waals surface area contributed by atoms with Gasteiger partial charge in [-0.15, -0.1) is 0 Å². The third-order valence-electron chi connectivity index (χ3n) is 2.80. The van der Waals surface area contributed by atoms with Gasteiger partial charge in [0.05, 0.1) is 13.2 Å². The first-order valence-electron chi connectivity index (χ1n) is 5.91. The fraction of sp³-hybridized carbons (Fsp3) is 0.429. The Morgan fingerprint density at radius 2 is 2.35 bits per heavy atom. The molecule has 0 aliphatic carbocycles. The van der Waals surface area contributed by atoms with Crippen molar-refractivity contribution in [3.05, 3.63) is 29.3 Å². The molecule has 3 nitrogen and oxygen atoms in total. The Balaban J connectivity index is 2.51. The summed E-state index contributed by atoms with van der Waals surface area (Å²) in [6.45, 7) is 9.01. The first-order valence-corrected chi connectivity index (χ1v) is 5.91. The molecule has 0 fully saturated rings. The van der Waals surface area contributed by atoms with Crippen molar-refractivity contribution in [1.29, 1.82) is 0 Å². The smallest absolute Gasteiger partial charge is 0.133 e. The van der Waals surface area contributed by atoms with Crippen LogP contribution in [0.4, 0.5) is 0 Å². The van der Waals surface area contributed by atoms with Gasteiger partial charge in [0.2, 0.25) is 0 Å². The van der Waals surface area contributed by atoms with Gasteiger partial charge in [0.15, 0.2) is 0 Å². The molecule has 0 saturated carbocycles. The lowest BCUT2D eigenvalue weighted by molar-refractivity contribution is 0.330. The van der Waals surface area contributed by atoms with Crippen molar-refractivity contribution in [3.63, 3.8) is 0 Å². The molecule has 0 radical (unpaired) electrons. The summed E-state index contributed by atoms with van der Waals surface area (Å²) in [6.07, 6.45) is 1.47. The van der Waals surface area contributed by atoms with Crippen molar-refractivity contribution < 1.29 is 14.6 Å². The highest BCUT2D eigenvalue weighted by Crippen LogP contribution is 2.42. The summed E-state index contributed by atoms with van der Waals surface area (Å²) in [4.78, 5) is 0. The minimum atomic E-state index is 0.233. The molecular weight excluding hydrogens is 216 g/mol. The first kappa shape index (κ1) is 11.8. The Kier molecular flexibility index (Phi) is 3.27. The molecule has 0 bridgehead atoms. The highest BCUT2D eigenvalue weighted by Gasteiger charge is 2.23. The summed E-state index contributed by atoms with van der Waals surface area (Å²) in [5.74, 6) is 1.76. The van der Waals surface area contributed by atoms with Gasteiger partial charge >= 0.3 is 0 Å². The molecule has 92 valence electrons. The molecule has 1 aliphatic rings. The second-order valence-electron chi connectivity index (χ2n) is 4.35. The number of allylic oxidation sites excluding steroid dienone is 1. The van der Waals surface area contributed by atoms with Gasteiger partial charge in [0.1, 0.15) is 17.2 Å². The van der Waals surface area contributed by atoms with Gasteiger partial charge in [0, 0.05) is 30.0 Å². The molecule has 0 unspecified atom stereocenters. The van der Waals surface area contributed by atoms with E-state index >= 15 is 0 Å². The van der Waals surface area contributed by atoms with Crippen LogP contribution in [-0.2, 0) is 12.8 Å². The van der Waals surface area contributed by atoms with E-state index in [4.69, 9.17) is 9.47 Å². The second-order valence-corrected chi connectivity index (χ2v) is 4.35. The number of ether oxygens (including phenoxy) is 2. The van der Waals surface area contributed by atoms with Crippen LogP contribution in [0.3, 0.4) is 0 Å². The van der Waals surface area contributed by atoms with Crippen LogP contribution in [0.15, 0.2) is 18.2 Å². The van der Waals surface area contributed by atoms with E-state index in [1.165, 1.54) is 0 Å². The fourth-order valence-corrected chi connectivity index (χ4v) is 2.13. The SMILES string of the molecule is C=C(C)Cc1c(O)cc2c(c1OCC)CCO2. The van der Waals surface area contributed by atoms with Crippen LogP contribution >= 0.6 is 0 Å². The van der Waals surface area contributed by atoms with Gasteiger partial charge in [-0.1, -0.05) is 12.2 Å². The van der Waals surface area contributed by atoms with Crippen LogP contribution in [-0.4, -0.2) is 18.3 Å².